The van der Waals surface area contributed by atoms with E-state index in [-0.39, 0.29) is 17.6 Å². The minimum Gasteiger partial charge on any atom is -0.490 e. The first-order valence-corrected chi connectivity index (χ1v) is 12.2. The van der Waals surface area contributed by atoms with Crippen LogP contribution in [0.15, 0.2) is 49.2 Å². The topological polar surface area (TPSA) is 65.7 Å². The monoisotopic (exact) mass is 563 g/mol. The summed E-state index contributed by atoms with van der Waals surface area (Å²) < 4.78 is 14.7. The molecular weight excluding hydrogens is 538 g/mol. The van der Waals surface area contributed by atoms with Gasteiger partial charge in [0.05, 0.1) is 34.3 Å². The molecule has 2 aromatic carbocycles. The Morgan fingerprint density at radius 1 is 1.16 bits per heavy atom. The lowest BCUT2D eigenvalue weighted by Crippen LogP contribution is -2.23. The molecule has 0 fully saturated rings. The molecule has 1 heterocycles. The molecular formula is C24H27Br2N3O3. The fourth-order valence-corrected chi connectivity index (χ4v) is 4.09. The number of rotatable bonds is 8. The second-order valence-electron chi connectivity index (χ2n) is 7.73. The SMILES string of the molecule is CCOc1cc(C=Nn2c([C@@H](C)CC)nc3ccc(Br)cc3c2=O)cc(Br)c1OC(C)C. The molecule has 0 aliphatic heterocycles. The van der Waals surface area contributed by atoms with Crippen molar-refractivity contribution in [1.82, 2.24) is 9.66 Å². The summed E-state index contributed by atoms with van der Waals surface area (Å²) >= 11 is 7.01. The van der Waals surface area contributed by atoms with Crippen molar-refractivity contribution in [2.24, 2.45) is 5.10 Å². The van der Waals surface area contributed by atoms with Crippen molar-refractivity contribution in [2.75, 3.05) is 6.61 Å². The molecule has 0 bridgehead atoms. The molecule has 6 nitrogen and oxygen atoms in total. The van der Waals surface area contributed by atoms with Gasteiger partial charge in [-0.25, -0.2) is 4.98 Å². The molecule has 0 radical (unpaired) electrons. The number of ether oxygens (including phenoxy) is 2. The van der Waals surface area contributed by atoms with Crippen molar-refractivity contribution in [3.63, 3.8) is 0 Å². The van der Waals surface area contributed by atoms with E-state index >= 15 is 0 Å². The van der Waals surface area contributed by atoms with E-state index < -0.39 is 0 Å². The fourth-order valence-electron chi connectivity index (χ4n) is 3.18. The summed E-state index contributed by atoms with van der Waals surface area (Å²) in [6.07, 6.45) is 2.49. The van der Waals surface area contributed by atoms with Crippen LogP contribution >= 0.6 is 31.9 Å². The summed E-state index contributed by atoms with van der Waals surface area (Å²) in [6.45, 7) is 10.5. The van der Waals surface area contributed by atoms with Gasteiger partial charge in [-0.3, -0.25) is 4.79 Å². The van der Waals surface area contributed by atoms with Crippen LogP contribution in [0.3, 0.4) is 0 Å². The number of benzene rings is 2. The predicted octanol–water partition coefficient (Wildman–Crippen LogP) is 6.50. The zero-order chi connectivity index (χ0) is 23.4. The highest BCUT2D eigenvalue weighted by Crippen LogP contribution is 2.37. The largest absolute Gasteiger partial charge is 0.490 e. The molecule has 0 amide bonds. The van der Waals surface area contributed by atoms with Crippen molar-refractivity contribution in [1.29, 1.82) is 0 Å². The van der Waals surface area contributed by atoms with E-state index in [1.807, 2.05) is 52.0 Å². The molecule has 0 saturated carbocycles. The van der Waals surface area contributed by atoms with Crippen molar-refractivity contribution >= 4 is 49.0 Å². The van der Waals surface area contributed by atoms with E-state index in [4.69, 9.17) is 14.5 Å². The molecule has 0 N–H and O–H groups in total. The molecule has 170 valence electrons. The number of hydrogen-bond acceptors (Lipinski definition) is 5. The second kappa shape index (κ2) is 10.6. The molecule has 1 atom stereocenters. The molecule has 0 aliphatic carbocycles. The van der Waals surface area contributed by atoms with Crippen LogP contribution < -0.4 is 15.0 Å². The highest BCUT2D eigenvalue weighted by Gasteiger charge is 2.16. The quantitative estimate of drug-likeness (QED) is 0.293. The molecule has 1 aromatic heterocycles. The molecule has 3 aromatic rings. The summed E-state index contributed by atoms with van der Waals surface area (Å²) in [5.74, 6) is 1.97. The third-order valence-corrected chi connectivity index (χ3v) is 5.98. The number of fused-ring (bicyclic) bond motifs is 1. The third-order valence-electron chi connectivity index (χ3n) is 4.89. The third kappa shape index (κ3) is 5.41. The lowest BCUT2D eigenvalue weighted by Gasteiger charge is -2.17. The standard InChI is InChI=1S/C24H27Br2N3O3/c1-6-15(5)23-28-20-9-8-17(25)12-18(20)24(30)29(23)27-13-16-10-19(26)22(32-14(3)4)21(11-16)31-7-2/h8-15H,6-7H2,1-5H3/t15-/m0/s1. The minimum atomic E-state index is -0.202. The van der Waals surface area contributed by atoms with Crippen LogP contribution in [0.4, 0.5) is 0 Å². The van der Waals surface area contributed by atoms with Gasteiger partial charge in [-0.2, -0.15) is 9.78 Å². The molecule has 0 aliphatic rings. The van der Waals surface area contributed by atoms with Gasteiger partial charge in [-0.1, -0.05) is 29.8 Å². The predicted molar refractivity (Wildman–Crippen MR) is 136 cm³/mol. The van der Waals surface area contributed by atoms with E-state index in [1.54, 1.807) is 12.3 Å². The number of hydrogen-bond donors (Lipinski definition) is 0. The molecule has 8 heteroatoms. The lowest BCUT2D eigenvalue weighted by atomic mass is 10.1. The Morgan fingerprint density at radius 2 is 1.91 bits per heavy atom. The lowest BCUT2D eigenvalue weighted by molar-refractivity contribution is 0.222. The van der Waals surface area contributed by atoms with Gasteiger partial charge in [0.1, 0.15) is 5.82 Å². The first kappa shape index (κ1) is 24.5. The molecule has 32 heavy (non-hydrogen) atoms. The first-order valence-electron chi connectivity index (χ1n) is 10.6. The van der Waals surface area contributed by atoms with Crippen molar-refractivity contribution in [3.05, 3.63) is 61.0 Å². The van der Waals surface area contributed by atoms with Gasteiger partial charge >= 0.3 is 0 Å². The van der Waals surface area contributed by atoms with Crippen molar-refractivity contribution < 1.29 is 9.47 Å². The Kier molecular flexibility index (Phi) is 8.11. The molecule has 0 spiro atoms. The van der Waals surface area contributed by atoms with Crippen molar-refractivity contribution in [2.45, 2.75) is 53.1 Å². The van der Waals surface area contributed by atoms with Crippen LogP contribution in [0.1, 0.15) is 58.3 Å². The Labute approximate surface area is 204 Å². The zero-order valence-electron chi connectivity index (χ0n) is 18.9. The van der Waals surface area contributed by atoms with Gasteiger partial charge in [0.2, 0.25) is 0 Å². The van der Waals surface area contributed by atoms with E-state index in [0.717, 1.165) is 20.9 Å². The summed E-state index contributed by atoms with van der Waals surface area (Å²) in [5.41, 5.74) is 1.23. The Balaban J connectivity index is 2.13. The van der Waals surface area contributed by atoms with Gasteiger partial charge in [-0.15, -0.1) is 0 Å². The number of aromatic nitrogens is 2. The maximum atomic E-state index is 13.3. The smallest absolute Gasteiger partial charge is 0.282 e. The highest BCUT2D eigenvalue weighted by atomic mass is 79.9. The highest BCUT2D eigenvalue weighted by molar-refractivity contribution is 9.10. The summed E-state index contributed by atoms with van der Waals surface area (Å²) in [4.78, 5) is 18.0. The zero-order valence-corrected chi connectivity index (χ0v) is 22.0. The average Bonchev–Trinajstić information content (AvgIpc) is 2.75. The minimum absolute atomic E-state index is 0.00434. The second-order valence-corrected chi connectivity index (χ2v) is 9.50. The van der Waals surface area contributed by atoms with Gasteiger partial charge < -0.3 is 9.47 Å². The van der Waals surface area contributed by atoms with Crippen LogP contribution in [0.2, 0.25) is 0 Å². The van der Waals surface area contributed by atoms with Crippen LogP contribution in [0.5, 0.6) is 11.5 Å². The summed E-state index contributed by atoms with van der Waals surface area (Å²) in [5, 5.41) is 5.06. The molecule has 0 unspecified atom stereocenters. The summed E-state index contributed by atoms with van der Waals surface area (Å²) in [7, 11) is 0. The Morgan fingerprint density at radius 3 is 2.56 bits per heavy atom. The normalized spacial score (nSPS) is 12.6. The molecule has 0 saturated heterocycles. The first-order chi connectivity index (χ1) is 15.2. The van der Waals surface area contributed by atoms with Gasteiger partial charge in [0, 0.05) is 10.4 Å². The Hall–Kier alpha value is -2.19. The fraction of sp³-hybridized carbons (Fsp3) is 0.375. The van der Waals surface area contributed by atoms with E-state index in [1.165, 1.54) is 4.68 Å². The number of nitrogens with zero attached hydrogens (tertiary/aromatic N) is 3. The van der Waals surface area contributed by atoms with Crippen molar-refractivity contribution in [3.8, 4) is 11.5 Å². The Bertz CT molecular complexity index is 1210. The van der Waals surface area contributed by atoms with Crippen LogP contribution in [-0.2, 0) is 0 Å². The summed E-state index contributed by atoms with van der Waals surface area (Å²) in [6, 6.07) is 9.26. The van der Waals surface area contributed by atoms with E-state index in [0.29, 0.717) is 34.8 Å². The molecule has 3 rings (SSSR count). The van der Waals surface area contributed by atoms with Crippen LogP contribution in [0.25, 0.3) is 10.9 Å². The number of halogens is 2. The van der Waals surface area contributed by atoms with E-state index in [9.17, 15) is 4.79 Å². The van der Waals surface area contributed by atoms with Gasteiger partial charge in [0.25, 0.3) is 5.56 Å². The maximum Gasteiger partial charge on any atom is 0.282 e. The van der Waals surface area contributed by atoms with Gasteiger partial charge in [0.15, 0.2) is 11.5 Å². The van der Waals surface area contributed by atoms with E-state index in [2.05, 4.69) is 43.9 Å². The average molecular weight is 565 g/mol. The maximum absolute atomic E-state index is 13.3. The van der Waals surface area contributed by atoms with Crippen LogP contribution in [0, 0.1) is 0 Å². The van der Waals surface area contributed by atoms with Crippen LogP contribution in [-0.4, -0.2) is 28.6 Å². The van der Waals surface area contributed by atoms with Gasteiger partial charge in [-0.05, 0) is 79.0 Å².